The summed E-state index contributed by atoms with van der Waals surface area (Å²) in [6.45, 7) is 4.43. The number of anilines is 3. The van der Waals surface area contributed by atoms with Crippen LogP contribution in [0.5, 0.6) is 0 Å². The molecule has 0 atom stereocenters. The monoisotopic (exact) mass is 572 g/mol. The lowest BCUT2D eigenvalue weighted by atomic mass is 10.1. The highest BCUT2D eigenvalue weighted by molar-refractivity contribution is 6.31. The molecule has 9 nitrogen and oxygen atoms in total. The van der Waals surface area contributed by atoms with Crippen LogP contribution in [0, 0.1) is 6.92 Å². The Bertz CT molecular complexity index is 1510. The number of rotatable bonds is 4. The van der Waals surface area contributed by atoms with Gasteiger partial charge < -0.3 is 20.2 Å². The van der Waals surface area contributed by atoms with Gasteiger partial charge in [0.1, 0.15) is 0 Å². The van der Waals surface area contributed by atoms with E-state index in [-0.39, 0.29) is 5.91 Å². The number of carbonyl (C=O) groups is 2. The van der Waals surface area contributed by atoms with E-state index in [1.165, 1.54) is 0 Å². The summed E-state index contributed by atoms with van der Waals surface area (Å²) in [5, 5.41) is 11.2. The standard InChI is InChI=1S/C25H23ClN6O.C2HF3O2/c1-17-15-18(8-9-20(17)26)25(33)32-13-11-31(12-14-32)24-23(28-19-5-4-10-27-16-19)29-21-6-2-3-7-22(21)30-24;3-2(4,5)1(6)7/h2-10,15-16H,11-14H2,1H3,(H,28,29);(H,6,7). The van der Waals surface area contributed by atoms with Gasteiger partial charge in [-0.25, -0.2) is 14.8 Å². The number of alkyl halides is 3. The smallest absolute Gasteiger partial charge is 0.475 e. The van der Waals surface area contributed by atoms with Crippen molar-refractivity contribution in [3.63, 3.8) is 0 Å². The van der Waals surface area contributed by atoms with Crippen molar-refractivity contribution in [3.8, 4) is 0 Å². The molecular weight excluding hydrogens is 549 g/mol. The van der Waals surface area contributed by atoms with Crippen LogP contribution in [-0.2, 0) is 4.79 Å². The number of aromatic nitrogens is 3. The summed E-state index contributed by atoms with van der Waals surface area (Å²) in [4.78, 5) is 39.9. The zero-order valence-electron chi connectivity index (χ0n) is 21.2. The number of para-hydroxylation sites is 2. The van der Waals surface area contributed by atoms with Crippen LogP contribution in [0.2, 0.25) is 5.02 Å². The van der Waals surface area contributed by atoms with Gasteiger partial charge in [0.2, 0.25) is 0 Å². The Labute approximate surface area is 232 Å². The topological polar surface area (TPSA) is 112 Å². The SMILES string of the molecule is Cc1cc(C(=O)N2CCN(c3nc4ccccc4nc3Nc3cccnc3)CC2)ccc1Cl.O=C(O)C(F)(F)F. The van der Waals surface area contributed by atoms with Crippen LogP contribution in [0.25, 0.3) is 11.0 Å². The van der Waals surface area contributed by atoms with Gasteiger partial charge in [-0.2, -0.15) is 13.2 Å². The second-order valence-corrected chi connectivity index (χ2v) is 9.20. The fourth-order valence-electron chi connectivity index (χ4n) is 3.95. The highest BCUT2D eigenvalue weighted by Gasteiger charge is 2.38. The number of aryl methyl sites for hydroxylation is 1. The van der Waals surface area contributed by atoms with Gasteiger partial charge in [0, 0.05) is 43.0 Å². The van der Waals surface area contributed by atoms with Gasteiger partial charge in [-0.1, -0.05) is 23.7 Å². The van der Waals surface area contributed by atoms with Crippen LogP contribution in [0.3, 0.4) is 0 Å². The van der Waals surface area contributed by atoms with Gasteiger partial charge in [0.25, 0.3) is 5.91 Å². The van der Waals surface area contributed by atoms with Crippen LogP contribution in [-0.4, -0.2) is 69.2 Å². The molecule has 40 heavy (non-hydrogen) atoms. The van der Waals surface area contributed by atoms with Crippen molar-refractivity contribution in [2.75, 3.05) is 36.4 Å². The molecule has 2 aromatic heterocycles. The van der Waals surface area contributed by atoms with Gasteiger partial charge in [0.15, 0.2) is 11.6 Å². The van der Waals surface area contributed by atoms with Gasteiger partial charge in [-0.15, -0.1) is 0 Å². The molecule has 1 saturated heterocycles. The minimum atomic E-state index is -5.08. The van der Waals surface area contributed by atoms with Crippen molar-refractivity contribution in [3.05, 3.63) is 83.1 Å². The van der Waals surface area contributed by atoms with Crippen molar-refractivity contribution >= 4 is 51.8 Å². The first-order valence-corrected chi connectivity index (χ1v) is 12.4. The van der Waals surface area contributed by atoms with E-state index < -0.39 is 12.1 Å². The van der Waals surface area contributed by atoms with Crippen molar-refractivity contribution in [2.45, 2.75) is 13.1 Å². The number of hydrogen-bond donors (Lipinski definition) is 2. The van der Waals surface area contributed by atoms with E-state index >= 15 is 0 Å². The molecule has 0 aliphatic carbocycles. The molecule has 3 heterocycles. The Morgan fingerprint density at radius 3 is 2.20 bits per heavy atom. The van der Waals surface area contributed by atoms with Crippen LogP contribution in [0.15, 0.2) is 67.0 Å². The van der Waals surface area contributed by atoms with Crippen molar-refractivity contribution in [1.29, 1.82) is 0 Å². The maximum absolute atomic E-state index is 13.0. The molecule has 0 bridgehead atoms. The Kier molecular flexibility index (Phi) is 8.68. The number of carboxylic acids is 1. The summed E-state index contributed by atoms with van der Waals surface area (Å²) < 4.78 is 31.7. The Hall–Kier alpha value is -4.45. The number of halogens is 4. The summed E-state index contributed by atoms with van der Waals surface area (Å²) in [6.07, 6.45) is -1.60. The number of aliphatic carboxylic acids is 1. The quantitative estimate of drug-likeness (QED) is 0.338. The second-order valence-electron chi connectivity index (χ2n) is 8.80. The number of nitrogens with one attached hydrogen (secondary N) is 1. The van der Waals surface area contributed by atoms with Gasteiger partial charge >= 0.3 is 12.1 Å². The molecule has 2 N–H and O–H groups in total. The first kappa shape index (κ1) is 28.6. The lowest BCUT2D eigenvalue weighted by molar-refractivity contribution is -0.192. The van der Waals surface area contributed by atoms with E-state index in [0.29, 0.717) is 42.6 Å². The second kappa shape index (κ2) is 12.2. The van der Waals surface area contributed by atoms with Crippen LogP contribution >= 0.6 is 11.6 Å². The zero-order valence-corrected chi connectivity index (χ0v) is 21.9. The number of benzene rings is 2. The summed E-state index contributed by atoms with van der Waals surface area (Å²) in [5.74, 6) is -1.29. The molecule has 1 aliphatic rings. The third kappa shape index (κ3) is 6.94. The maximum Gasteiger partial charge on any atom is 0.490 e. The largest absolute Gasteiger partial charge is 0.490 e. The van der Waals surface area contributed by atoms with E-state index in [0.717, 1.165) is 28.1 Å². The highest BCUT2D eigenvalue weighted by atomic mass is 35.5. The zero-order chi connectivity index (χ0) is 28.9. The Morgan fingerprint density at radius 2 is 1.62 bits per heavy atom. The number of amides is 1. The molecular formula is C27H24ClF3N6O3. The first-order valence-electron chi connectivity index (χ1n) is 12.1. The number of nitrogens with zero attached hydrogens (tertiary/aromatic N) is 5. The number of carboxylic acid groups (broad SMARTS) is 1. The molecule has 2 aromatic carbocycles. The van der Waals surface area contributed by atoms with Gasteiger partial charge in [-0.05, 0) is 55.0 Å². The summed E-state index contributed by atoms with van der Waals surface area (Å²) in [5.41, 5.74) is 4.06. The average molecular weight is 573 g/mol. The minimum absolute atomic E-state index is 0.0210. The predicted molar refractivity (Wildman–Crippen MR) is 145 cm³/mol. The molecule has 4 aromatic rings. The lowest BCUT2D eigenvalue weighted by Crippen LogP contribution is -2.49. The van der Waals surface area contributed by atoms with Crippen molar-refractivity contribution in [2.24, 2.45) is 0 Å². The van der Waals surface area contributed by atoms with E-state index in [1.54, 1.807) is 24.5 Å². The number of carbonyl (C=O) groups excluding carboxylic acids is 1. The fourth-order valence-corrected chi connectivity index (χ4v) is 4.07. The van der Waals surface area contributed by atoms with Crippen molar-refractivity contribution in [1.82, 2.24) is 19.9 Å². The molecule has 1 fully saturated rings. The van der Waals surface area contributed by atoms with E-state index in [2.05, 4.69) is 15.2 Å². The predicted octanol–water partition coefficient (Wildman–Crippen LogP) is 5.33. The van der Waals surface area contributed by atoms with E-state index in [1.807, 2.05) is 54.3 Å². The molecule has 0 unspecified atom stereocenters. The average Bonchev–Trinajstić information content (AvgIpc) is 2.94. The first-order chi connectivity index (χ1) is 19.0. The molecule has 1 amide bonds. The van der Waals surface area contributed by atoms with Gasteiger partial charge in [-0.3, -0.25) is 9.78 Å². The Balaban J connectivity index is 0.000000470. The molecule has 208 valence electrons. The summed E-state index contributed by atoms with van der Waals surface area (Å²) in [7, 11) is 0. The molecule has 0 radical (unpaired) electrons. The normalized spacial score (nSPS) is 13.4. The Morgan fingerprint density at radius 1 is 0.975 bits per heavy atom. The minimum Gasteiger partial charge on any atom is -0.475 e. The van der Waals surface area contributed by atoms with Crippen LogP contribution in [0.4, 0.5) is 30.5 Å². The number of pyridine rings is 1. The van der Waals surface area contributed by atoms with Crippen LogP contribution < -0.4 is 10.2 Å². The molecule has 5 rings (SSSR count). The third-order valence-electron chi connectivity index (χ3n) is 5.99. The fraction of sp³-hybridized carbons (Fsp3) is 0.222. The molecule has 0 spiro atoms. The molecule has 0 saturated carbocycles. The van der Waals surface area contributed by atoms with E-state index in [4.69, 9.17) is 31.5 Å². The summed E-state index contributed by atoms with van der Waals surface area (Å²) >= 11 is 6.12. The summed E-state index contributed by atoms with van der Waals surface area (Å²) in [6, 6.07) is 17.1. The number of fused-ring (bicyclic) bond motifs is 1. The lowest BCUT2D eigenvalue weighted by Gasteiger charge is -2.36. The van der Waals surface area contributed by atoms with Gasteiger partial charge in [0.05, 0.1) is 22.9 Å². The molecule has 13 heteroatoms. The highest BCUT2D eigenvalue weighted by Crippen LogP contribution is 2.29. The van der Waals surface area contributed by atoms with Crippen molar-refractivity contribution < 1.29 is 27.9 Å². The number of piperazine rings is 1. The third-order valence-corrected chi connectivity index (χ3v) is 6.41. The van der Waals surface area contributed by atoms with Crippen LogP contribution in [0.1, 0.15) is 15.9 Å². The molecule has 1 aliphatic heterocycles. The number of hydrogen-bond acceptors (Lipinski definition) is 7. The maximum atomic E-state index is 13.0. The van der Waals surface area contributed by atoms with E-state index in [9.17, 15) is 18.0 Å².